The SMILES string of the molecule is C[C@H](C(=O)NC1CCCC1)N(Cc1ccc(Cl)cc1)C(=O)CN(c1cccc(Cl)c1)S(=O)(=O)c1ccccc1. The normalized spacial score (nSPS) is 14.5. The van der Waals surface area contributed by atoms with Crippen molar-refractivity contribution in [3.05, 3.63) is 94.5 Å². The number of rotatable bonds is 10. The van der Waals surface area contributed by atoms with E-state index in [1.54, 1.807) is 67.6 Å². The molecule has 10 heteroatoms. The molecule has 206 valence electrons. The maximum absolute atomic E-state index is 13.9. The molecule has 39 heavy (non-hydrogen) atoms. The van der Waals surface area contributed by atoms with Crippen molar-refractivity contribution in [3.8, 4) is 0 Å². The lowest BCUT2D eigenvalue weighted by molar-refractivity contribution is -0.139. The zero-order valence-electron chi connectivity index (χ0n) is 21.6. The van der Waals surface area contributed by atoms with Crippen molar-refractivity contribution in [3.63, 3.8) is 0 Å². The number of hydrogen-bond acceptors (Lipinski definition) is 4. The Kier molecular flexibility index (Phi) is 9.53. The van der Waals surface area contributed by atoms with Crippen molar-refractivity contribution in [2.75, 3.05) is 10.8 Å². The first-order chi connectivity index (χ1) is 18.6. The van der Waals surface area contributed by atoms with E-state index in [-0.39, 0.29) is 29.1 Å². The zero-order valence-corrected chi connectivity index (χ0v) is 23.9. The molecule has 0 spiro atoms. The maximum atomic E-state index is 13.9. The second-order valence-electron chi connectivity index (χ2n) is 9.62. The number of halogens is 2. The average Bonchev–Trinajstić information content (AvgIpc) is 3.44. The van der Waals surface area contributed by atoms with Gasteiger partial charge in [-0.15, -0.1) is 0 Å². The van der Waals surface area contributed by atoms with Gasteiger partial charge in [0.2, 0.25) is 11.8 Å². The summed E-state index contributed by atoms with van der Waals surface area (Å²) < 4.78 is 28.5. The van der Waals surface area contributed by atoms with Gasteiger partial charge in [0, 0.05) is 22.6 Å². The molecule has 0 saturated heterocycles. The number of carbonyl (C=O) groups excluding carboxylic acids is 2. The number of hydrogen-bond donors (Lipinski definition) is 1. The van der Waals surface area contributed by atoms with Crippen LogP contribution in [0.1, 0.15) is 38.2 Å². The number of nitrogens with one attached hydrogen (secondary N) is 1. The molecular formula is C29H31Cl2N3O4S. The van der Waals surface area contributed by atoms with E-state index in [1.807, 2.05) is 0 Å². The minimum Gasteiger partial charge on any atom is -0.352 e. The zero-order chi connectivity index (χ0) is 28.0. The van der Waals surface area contributed by atoms with Gasteiger partial charge < -0.3 is 10.2 Å². The molecule has 1 aliphatic rings. The summed E-state index contributed by atoms with van der Waals surface area (Å²) in [6.45, 7) is 1.24. The first-order valence-electron chi connectivity index (χ1n) is 12.8. The summed E-state index contributed by atoms with van der Waals surface area (Å²) in [4.78, 5) is 28.6. The van der Waals surface area contributed by atoms with Crippen molar-refractivity contribution < 1.29 is 18.0 Å². The predicted octanol–water partition coefficient (Wildman–Crippen LogP) is 5.66. The lowest BCUT2D eigenvalue weighted by Crippen LogP contribution is -2.52. The molecule has 0 aliphatic heterocycles. The molecule has 1 aliphatic carbocycles. The highest BCUT2D eigenvalue weighted by Gasteiger charge is 2.33. The van der Waals surface area contributed by atoms with Crippen molar-refractivity contribution >= 4 is 50.7 Å². The highest BCUT2D eigenvalue weighted by Crippen LogP contribution is 2.27. The largest absolute Gasteiger partial charge is 0.352 e. The minimum atomic E-state index is -4.13. The Hall–Kier alpha value is -3.07. The van der Waals surface area contributed by atoms with Gasteiger partial charge >= 0.3 is 0 Å². The van der Waals surface area contributed by atoms with Gasteiger partial charge in [0.25, 0.3) is 10.0 Å². The average molecular weight is 589 g/mol. The van der Waals surface area contributed by atoms with Crippen LogP contribution >= 0.6 is 23.2 Å². The van der Waals surface area contributed by atoms with Crippen molar-refractivity contribution in [2.24, 2.45) is 0 Å². The quantitative estimate of drug-likeness (QED) is 0.331. The van der Waals surface area contributed by atoms with Gasteiger partial charge in [-0.3, -0.25) is 13.9 Å². The Morgan fingerprint density at radius 3 is 2.23 bits per heavy atom. The Labute approximate surface area is 239 Å². The van der Waals surface area contributed by atoms with Crippen molar-refractivity contribution in [1.82, 2.24) is 10.2 Å². The van der Waals surface area contributed by atoms with E-state index in [4.69, 9.17) is 23.2 Å². The van der Waals surface area contributed by atoms with E-state index in [0.29, 0.717) is 10.0 Å². The molecule has 2 amide bonds. The van der Waals surface area contributed by atoms with Crippen LogP contribution in [0.15, 0.2) is 83.8 Å². The summed E-state index contributed by atoms with van der Waals surface area (Å²) in [5, 5.41) is 3.93. The van der Waals surface area contributed by atoms with E-state index in [0.717, 1.165) is 35.6 Å². The van der Waals surface area contributed by atoms with E-state index in [9.17, 15) is 18.0 Å². The molecule has 7 nitrogen and oxygen atoms in total. The van der Waals surface area contributed by atoms with E-state index >= 15 is 0 Å². The predicted molar refractivity (Wildman–Crippen MR) is 154 cm³/mol. The van der Waals surface area contributed by atoms with Gasteiger partial charge in [-0.1, -0.05) is 72.4 Å². The highest BCUT2D eigenvalue weighted by atomic mass is 35.5. The van der Waals surface area contributed by atoms with Crippen LogP contribution in [0.2, 0.25) is 10.0 Å². The summed E-state index contributed by atoms with van der Waals surface area (Å²) in [5.74, 6) is -0.803. The standard InChI is InChI=1S/C29H31Cl2N3O4S/c1-21(29(36)32-25-9-5-6-10-25)33(19-22-14-16-23(30)17-15-22)28(35)20-34(26-11-7-8-24(31)18-26)39(37,38)27-12-3-2-4-13-27/h2-4,7-8,11-18,21,25H,5-6,9-10,19-20H2,1H3,(H,32,36)/t21-/m1/s1. The smallest absolute Gasteiger partial charge is 0.264 e. The summed E-state index contributed by atoms with van der Waals surface area (Å²) in [6, 6.07) is 20.4. The van der Waals surface area contributed by atoms with Gasteiger partial charge in [0.15, 0.2) is 0 Å². The van der Waals surface area contributed by atoms with Gasteiger partial charge in [-0.2, -0.15) is 0 Å². The Morgan fingerprint density at radius 2 is 1.59 bits per heavy atom. The highest BCUT2D eigenvalue weighted by molar-refractivity contribution is 7.92. The van der Waals surface area contributed by atoms with Crippen LogP contribution < -0.4 is 9.62 Å². The third kappa shape index (κ3) is 7.32. The van der Waals surface area contributed by atoms with Gasteiger partial charge in [-0.25, -0.2) is 8.42 Å². The topological polar surface area (TPSA) is 86.8 Å². The second-order valence-corrected chi connectivity index (χ2v) is 12.4. The number of carbonyl (C=O) groups is 2. The number of nitrogens with zero attached hydrogens (tertiary/aromatic N) is 2. The number of amides is 2. The molecule has 0 unspecified atom stereocenters. The molecule has 1 saturated carbocycles. The van der Waals surface area contributed by atoms with Gasteiger partial charge in [-0.05, 0) is 67.8 Å². The maximum Gasteiger partial charge on any atom is 0.264 e. The van der Waals surface area contributed by atoms with E-state index in [1.165, 1.54) is 23.1 Å². The Morgan fingerprint density at radius 1 is 0.923 bits per heavy atom. The van der Waals surface area contributed by atoms with Crippen LogP contribution in [0.5, 0.6) is 0 Å². The monoisotopic (exact) mass is 587 g/mol. The molecule has 1 N–H and O–H groups in total. The van der Waals surface area contributed by atoms with E-state index < -0.39 is 28.5 Å². The number of benzene rings is 3. The van der Waals surface area contributed by atoms with Crippen LogP contribution in [0, 0.1) is 0 Å². The lowest BCUT2D eigenvalue weighted by atomic mass is 10.1. The van der Waals surface area contributed by atoms with Crippen LogP contribution in [0.4, 0.5) is 5.69 Å². The Balaban J connectivity index is 1.67. The molecule has 0 heterocycles. The van der Waals surface area contributed by atoms with Crippen LogP contribution in [0.25, 0.3) is 0 Å². The van der Waals surface area contributed by atoms with Gasteiger partial charge in [0.1, 0.15) is 12.6 Å². The second kappa shape index (κ2) is 12.9. The van der Waals surface area contributed by atoms with Crippen LogP contribution in [-0.2, 0) is 26.2 Å². The van der Waals surface area contributed by atoms with Gasteiger partial charge in [0.05, 0.1) is 10.6 Å². The summed E-state index contributed by atoms with van der Waals surface area (Å²) in [6.07, 6.45) is 3.92. The molecule has 0 aromatic heterocycles. The number of anilines is 1. The summed E-state index contributed by atoms with van der Waals surface area (Å²) in [5.41, 5.74) is 1.00. The lowest BCUT2D eigenvalue weighted by Gasteiger charge is -2.32. The van der Waals surface area contributed by atoms with Crippen LogP contribution in [0.3, 0.4) is 0 Å². The number of sulfonamides is 1. The third-order valence-corrected chi connectivity index (χ3v) is 9.12. The molecule has 3 aromatic rings. The molecular weight excluding hydrogens is 557 g/mol. The first-order valence-corrected chi connectivity index (χ1v) is 15.0. The molecule has 0 radical (unpaired) electrons. The molecule has 1 atom stereocenters. The van der Waals surface area contributed by atoms with Crippen molar-refractivity contribution in [1.29, 1.82) is 0 Å². The van der Waals surface area contributed by atoms with E-state index in [2.05, 4.69) is 5.32 Å². The minimum absolute atomic E-state index is 0.0362. The molecule has 4 rings (SSSR count). The first kappa shape index (κ1) is 28.9. The fraction of sp³-hybridized carbons (Fsp3) is 0.310. The Bertz CT molecular complexity index is 1400. The summed E-state index contributed by atoms with van der Waals surface area (Å²) in [7, 11) is -4.13. The van der Waals surface area contributed by atoms with Crippen LogP contribution in [-0.4, -0.2) is 43.8 Å². The summed E-state index contributed by atoms with van der Waals surface area (Å²) >= 11 is 12.2. The molecule has 1 fully saturated rings. The molecule has 0 bridgehead atoms. The molecule has 3 aromatic carbocycles. The van der Waals surface area contributed by atoms with Crippen molar-refractivity contribution in [2.45, 2.75) is 56.1 Å². The fourth-order valence-electron chi connectivity index (χ4n) is 4.64. The third-order valence-electron chi connectivity index (χ3n) is 6.84. The fourth-order valence-corrected chi connectivity index (χ4v) is 6.38.